The summed E-state index contributed by atoms with van der Waals surface area (Å²) in [6.07, 6.45) is 3.59. The van der Waals surface area contributed by atoms with Crippen molar-refractivity contribution in [1.82, 2.24) is 10.3 Å². The molecule has 1 aromatic carbocycles. The largest absolute Gasteiger partial charge is 0.358 e. The van der Waals surface area contributed by atoms with Gasteiger partial charge in [-0.2, -0.15) is 0 Å². The molecule has 0 saturated carbocycles. The lowest BCUT2D eigenvalue weighted by atomic mass is 10.0. The summed E-state index contributed by atoms with van der Waals surface area (Å²) in [6, 6.07) is 12.3. The van der Waals surface area contributed by atoms with Gasteiger partial charge in [-0.3, -0.25) is 4.98 Å². The fraction of sp³-hybridized carbons (Fsp3) is 0.250. The molecule has 0 amide bonds. The number of nitrogens with zero attached hydrogens (tertiary/aromatic N) is 1. The van der Waals surface area contributed by atoms with E-state index in [1.54, 1.807) is 6.20 Å². The van der Waals surface area contributed by atoms with E-state index >= 15 is 0 Å². The van der Waals surface area contributed by atoms with E-state index in [0.717, 1.165) is 11.3 Å². The van der Waals surface area contributed by atoms with Gasteiger partial charge in [-0.25, -0.2) is 0 Å². The van der Waals surface area contributed by atoms with Crippen LogP contribution in [0.3, 0.4) is 0 Å². The van der Waals surface area contributed by atoms with E-state index in [2.05, 4.69) is 41.6 Å². The standard InChI is InChI=1S/C16H19N3S/c1-12(2)14-5-7-15(8-6-14)19-16(20)18-11-13-4-3-9-17-10-13/h3-10,12H,11H2,1-2H3,(H2,18,19,20). The molecule has 0 aliphatic heterocycles. The van der Waals surface area contributed by atoms with Crippen LogP contribution < -0.4 is 10.6 Å². The average molecular weight is 285 g/mol. The van der Waals surface area contributed by atoms with Gasteiger partial charge >= 0.3 is 0 Å². The first kappa shape index (κ1) is 14.5. The Kier molecular flexibility index (Phi) is 5.07. The second kappa shape index (κ2) is 7.01. The molecule has 0 spiro atoms. The summed E-state index contributed by atoms with van der Waals surface area (Å²) in [5.74, 6) is 0.541. The molecule has 20 heavy (non-hydrogen) atoms. The van der Waals surface area contributed by atoms with Crippen molar-refractivity contribution >= 4 is 23.0 Å². The van der Waals surface area contributed by atoms with Gasteiger partial charge in [0.2, 0.25) is 0 Å². The van der Waals surface area contributed by atoms with Crippen LogP contribution in [0, 0.1) is 0 Å². The zero-order valence-corrected chi connectivity index (χ0v) is 12.6. The molecule has 0 radical (unpaired) electrons. The molecular formula is C16H19N3S. The van der Waals surface area contributed by atoms with Crippen molar-refractivity contribution in [2.75, 3.05) is 5.32 Å². The first-order chi connectivity index (χ1) is 9.65. The number of pyridine rings is 1. The Bertz CT molecular complexity index is 550. The number of hydrogen-bond acceptors (Lipinski definition) is 2. The molecule has 2 N–H and O–H groups in total. The summed E-state index contributed by atoms with van der Waals surface area (Å²) in [6.45, 7) is 5.04. The van der Waals surface area contributed by atoms with Crippen LogP contribution >= 0.6 is 12.2 Å². The molecule has 0 aliphatic carbocycles. The molecule has 0 fully saturated rings. The maximum atomic E-state index is 5.28. The van der Waals surface area contributed by atoms with Crippen LogP contribution in [0.5, 0.6) is 0 Å². The number of nitrogens with one attached hydrogen (secondary N) is 2. The first-order valence-electron chi connectivity index (χ1n) is 6.69. The normalized spacial score (nSPS) is 10.3. The molecule has 3 nitrogen and oxygen atoms in total. The third-order valence-corrected chi connectivity index (χ3v) is 3.26. The van der Waals surface area contributed by atoms with E-state index in [0.29, 0.717) is 17.6 Å². The molecule has 2 aromatic rings. The summed E-state index contributed by atoms with van der Waals surface area (Å²) < 4.78 is 0. The predicted molar refractivity (Wildman–Crippen MR) is 87.8 cm³/mol. The summed E-state index contributed by atoms with van der Waals surface area (Å²) >= 11 is 5.28. The van der Waals surface area contributed by atoms with Crippen LogP contribution in [-0.2, 0) is 6.54 Å². The first-order valence-corrected chi connectivity index (χ1v) is 7.09. The topological polar surface area (TPSA) is 37.0 Å². The zero-order chi connectivity index (χ0) is 14.4. The minimum atomic E-state index is 0.541. The smallest absolute Gasteiger partial charge is 0.171 e. The molecule has 1 aromatic heterocycles. The number of benzene rings is 1. The van der Waals surface area contributed by atoms with Gasteiger partial charge in [-0.15, -0.1) is 0 Å². The fourth-order valence-corrected chi connectivity index (χ4v) is 2.00. The highest BCUT2D eigenvalue weighted by Gasteiger charge is 2.01. The summed E-state index contributed by atoms with van der Waals surface area (Å²) in [7, 11) is 0. The van der Waals surface area contributed by atoms with Crippen LogP contribution in [0.4, 0.5) is 5.69 Å². The maximum absolute atomic E-state index is 5.28. The Hall–Kier alpha value is -1.94. The highest BCUT2D eigenvalue weighted by atomic mass is 32.1. The van der Waals surface area contributed by atoms with Gasteiger partial charge in [0, 0.05) is 24.6 Å². The van der Waals surface area contributed by atoms with Crippen molar-refractivity contribution in [3.63, 3.8) is 0 Å². The molecular weight excluding hydrogens is 266 g/mol. The van der Waals surface area contributed by atoms with Crippen molar-refractivity contribution in [3.05, 3.63) is 59.9 Å². The molecule has 0 aliphatic rings. The lowest BCUT2D eigenvalue weighted by Gasteiger charge is -2.11. The predicted octanol–water partition coefficient (Wildman–Crippen LogP) is 3.69. The van der Waals surface area contributed by atoms with Crippen molar-refractivity contribution in [1.29, 1.82) is 0 Å². The Morgan fingerprint density at radius 3 is 2.55 bits per heavy atom. The van der Waals surface area contributed by atoms with Gasteiger partial charge < -0.3 is 10.6 Å². The second-order valence-corrected chi connectivity index (χ2v) is 5.35. The van der Waals surface area contributed by atoms with E-state index in [4.69, 9.17) is 12.2 Å². The Labute approximate surface area is 125 Å². The van der Waals surface area contributed by atoms with E-state index < -0.39 is 0 Å². The third-order valence-electron chi connectivity index (χ3n) is 3.01. The zero-order valence-electron chi connectivity index (χ0n) is 11.8. The Balaban J connectivity index is 1.85. The maximum Gasteiger partial charge on any atom is 0.171 e. The van der Waals surface area contributed by atoms with Crippen molar-refractivity contribution in [2.24, 2.45) is 0 Å². The molecule has 0 unspecified atom stereocenters. The molecule has 0 bridgehead atoms. The summed E-state index contributed by atoms with van der Waals surface area (Å²) in [5.41, 5.74) is 3.43. The molecule has 4 heteroatoms. The second-order valence-electron chi connectivity index (χ2n) is 4.95. The van der Waals surface area contributed by atoms with Gasteiger partial charge in [-0.05, 0) is 47.5 Å². The minimum absolute atomic E-state index is 0.541. The minimum Gasteiger partial charge on any atom is -0.358 e. The lowest BCUT2D eigenvalue weighted by Crippen LogP contribution is -2.27. The van der Waals surface area contributed by atoms with Gasteiger partial charge in [0.15, 0.2) is 5.11 Å². The number of rotatable bonds is 4. The molecule has 0 saturated heterocycles. The molecule has 1 heterocycles. The molecule has 104 valence electrons. The number of hydrogen-bond donors (Lipinski definition) is 2. The Morgan fingerprint density at radius 2 is 1.95 bits per heavy atom. The van der Waals surface area contributed by atoms with Gasteiger partial charge in [0.1, 0.15) is 0 Å². The average Bonchev–Trinajstić information content (AvgIpc) is 2.47. The highest BCUT2D eigenvalue weighted by molar-refractivity contribution is 7.80. The summed E-state index contributed by atoms with van der Waals surface area (Å²) in [4.78, 5) is 4.07. The van der Waals surface area contributed by atoms with Crippen molar-refractivity contribution < 1.29 is 0 Å². The third kappa shape index (κ3) is 4.31. The fourth-order valence-electron chi connectivity index (χ4n) is 1.81. The SMILES string of the molecule is CC(C)c1ccc(NC(=S)NCc2cccnc2)cc1. The van der Waals surface area contributed by atoms with E-state index in [-0.39, 0.29) is 0 Å². The molecule has 2 rings (SSSR count). The number of aromatic nitrogens is 1. The number of anilines is 1. The monoisotopic (exact) mass is 285 g/mol. The van der Waals surface area contributed by atoms with E-state index in [9.17, 15) is 0 Å². The Morgan fingerprint density at radius 1 is 1.20 bits per heavy atom. The number of thiocarbonyl (C=S) groups is 1. The van der Waals surface area contributed by atoms with Crippen LogP contribution in [0.15, 0.2) is 48.8 Å². The van der Waals surface area contributed by atoms with Crippen LogP contribution in [0.25, 0.3) is 0 Å². The lowest BCUT2D eigenvalue weighted by molar-refractivity contribution is 0.867. The summed E-state index contributed by atoms with van der Waals surface area (Å²) in [5, 5.41) is 6.96. The van der Waals surface area contributed by atoms with Crippen molar-refractivity contribution in [2.45, 2.75) is 26.3 Å². The van der Waals surface area contributed by atoms with Crippen molar-refractivity contribution in [3.8, 4) is 0 Å². The van der Waals surface area contributed by atoms with Crippen LogP contribution in [0.2, 0.25) is 0 Å². The quantitative estimate of drug-likeness (QED) is 0.840. The van der Waals surface area contributed by atoms with E-state index in [1.807, 2.05) is 30.5 Å². The van der Waals surface area contributed by atoms with Gasteiger partial charge in [0.25, 0.3) is 0 Å². The van der Waals surface area contributed by atoms with E-state index in [1.165, 1.54) is 5.56 Å². The van der Waals surface area contributed by atoms with Crippen LogP contribution in [0.1, 0.15) is 30.9 Å². The highest BCUT2D eigenvalue weighted by Crippen LogP contribution is 2.16. The van der Waals surface area contributed by atoms with Crippen LogP contribution in [-0.4, -0.2) is 10.1 Å². The molecule has 0 atom stereocenters. The van der Waals surface area contributed by atoms with Gasteiger partial charge in [0.05, 0.1) is 0 Å². The van der Waals surface area contributed by atoms with Gasteiger partial charge in [-0.1, -0.05) is 32.0 Å².